The van der Waals surface area contributed by atoms with Gasteiger partial charge in [-0.2, -0.15) is 0 Å². The third kappa shape index (κ3) is 2.75. The smallest absolute Gasteiger partial charge is 0.407 e. The zero-order chi connectivity index (χ0) is 12.3. The SMILES string of the molecule is CC1(COc2ccc(C=O)cc2)COC(=O)N1. The monoisotopic (exact) mass is 235 g/mol. The van der Waals surface area contributed by atoms with Crippen LogP contribution in [-0.4, -0.2) is 31.1 Å². The molecule has 1 aliphatic heterocycles. The van der Waals surface area contributed by atoms with Crippen LogP contribution in [0.25, 0.3) is 0 Å². The number of nitrogens with one attached hydrogen (secondary N) is 1. The van der Waals surface area contributed by atoms with Crippen molar-refractivity contribution in [2.75, 3.05) is 13.2 Å². The Morgan fingerprint density at radius 3 is 2.71 bits per heavy atom. The number of alkyl carbamates (subject to hydrolysis) is 1. The van der Waals surface area contributed by atoms with Crippen LogP contribution in [0.15, 0.2) is 24.3 Å². The number of ether oxygens (including phenoxy) is 2. The minimum atomic E-state index is -0.500. The fourth-order valence-electron chi connectivity index (χ4n) is 1.51. The summed E-state index contributed by atoms with van der Waals surface area (Å²) in [6, 6.07) is 6.78. The van der Waals surface area contributed by atoms with Crippen LogP contribution in [0, 0.1) is 0 Å². The Balaban J connectivity index is 1.93. The van der Waals surface area contributed by atoms with Gasteiger partial charge in [-0.1, -0.05) is 0 Å². The van der Waals surface area contributed by atoms with Crippen LogP contribution in [0.4, 0.5) is 4.79 Å². The van der Waals surface area contributed by atoms with Gasteiger partial charge in [-0.05, 0) is 31.2 Å². The lowest BCUT2D eigenvalue weighted by Crippen LogP contribution is -2.45. The van der Waals surface area contributed by atoms with Gasteiger partial charge in [0.1, 0.15) is 30.8 Å². The summed E-state index contributed by atoms with van der Waals surface area (Å²) >= 11 is 0. The molecule has 5 heteroatoms. The molecule has 1 atom stereocenters. The summed E-state index contributed by atoms with van der Waals surface area (Å²) in [6.45, 7) is 2.45. The molecule has 1 N–H and O–H groups in total. The van der Waals surface area contributed by atoms with Crippen LogP contribution in [0.1, 0.15) is 17.3 Å². The molecule has 1 aliphatic rings. The first kappa shape index (κ1) is 11.4. The summed E-state index contributed by atoms with van der Waals surface area (Å²) in [6.07, 6.45) is 0.350. The van der Waals surface area contributed by atoms with Gasteiger partial charge in [0.2, 0.25) is 0 Å². The zero-order valence-electron chi connectivity index (χ0n) is 9.43. The number of hydrogen-bond acceptors (Lipinski definition) is 4. The van der Waals surface area contributed by atoms with Crippen LogP contribution in [0.5, 0.6) is 5.75 Å². The first-order valence-electron chi connectivity index (χ1n) is 5.24. The number of carbonyl (C=O) groups excluding carboxylic acids is 2. The standard InChI is InChI=1S/C12H13NO4/c1-12(8-17-11(15)13-12)7-16-10-4-2-9(6-14)3-5-10/h2-6H,7-8H2,1H3,(H,13,15). The van der Waals surface area contributed by atoms with Crippen molar-refractivity contribution >= 4 is 12.4 Å². The molecule has 0 spiro atoms. The Hall–Kier alpha value is -2.04. The molecule has 17 heavy (non-hydrogen) atoms. The molecule has 1 fully saturated rings. The first-order valence-corrected chi connectivity index (χ1v) is 5.24. The number of aldehydes is 1. The van der Waals surface area contributed by atoms with Gasteiger partial charge in [0.15, 0.2) is 0 Å². The van der Waals surface area contributed by atoms with Gasteiger partial charge < -0.3 is 14.8 Å². The highest BCUT2D eigenvalue weighted by molar-refractivity contribution is 5.74. The summed E-state index contributed by atoms with van der Waals surface area (Å²) in [5.41, 5.74) is 0.0986. The van der Waals surface area contributed by atoms with Crippen molar-refractivity contribution in [1.82, 2.24) is 5.32 Å². The highest BCUT2D eigenvalue weighted by atomic mass is 16.6. The van der Waals surface area contributed by atoms with Crippen molar-refractivity contribution in [3.8, 4) is 5.75 Å². The van der Waals surface area contributed by atoms with E-state index in [0.29, 0.717) is 17.9 Å². The van der Waals surface area contributed by atoms with Crippen molar-refractivity contribution in [2.45, 2.75) is 12.5 Å². The molecule has 5 nitrogen and oxygen atoms in total. The summed E-state index contributed by atoms with van der Waals surface area (Å²) in [5.74, 6) is 0.651. The van der Waals surface area contributed by atoms with Gasteiger partial charge in [-0.15, -0.1) is 0 Å². The molecule has 1 unspecified atom stereocenters. The van der Waals surface area contributed by atoms with Crippen LogP contribution < -0.4 is 10.1 Å². The maximum absolute atomic E-state index is 10.9. The molecule has 1 heterocycles. The van der Waals surface area contributed by atoms with Gasteiger partial charge in [0.05, 0.1) is 0 Å². The number of hydrogen-bond donors (Lipinski definition) is 1. The maximum atomic E-state index is 10.9. The molecular formula is C12H13NO4. The van der Waals surface area contributed by atoms with Gasteiger partial charge in [0, 0.05) is 5.56 Å². The van der Waals surface area contributed by atoms with E-state index in [1.165, 1.54) is 0 Å². The number of benzene rings is 1. The molecule has 1 saturated heterocycles. The summed E-state index contributed by atoms with van der Waals surface area (Å²) < 4.78 is 10.3. The zero-order valence-corrected chi connectivity index (χ0v) is 9.43. The lowest BCUT2D eigenvalue weighted by Gasteiger charge is -2.21. The molecule has 0 radical (unpaired) electrons. The van der Waals surface area contributed by atoms with E-state index in [2.05, 4.69) is 5.32 Å². The molecule has 1 aromatic rings. The molecule has 1 aromatic carbocycles. The minimum absolute atomic E-state index is 0.290. The van der Waals surface area contributed by atoms with Crippen molar-refractivity contribution in [1.29, 1.82) is 0 Å². The quantitative estimate of drug-likeness (QED) is 0.801. The Morgan fingerprint density at radius 1 is 1.47 bits per heavy atom. The molecule has 0 aliphatic carbocycles. The van der Waals surface area contributed by atoms with E-state index >= 15 is 0 Å². The number of rotatable bonds is 4. The van der Waals surface area contributed by atoms with Gasteiger partial charge >= 0.3 is 6.09 Å². The molecule has 1 amide bonds. The molecule has 90 valence electrons. The lowest BCUT2D eigenvalue weighted by atomic mass is 10.1. The lowest BCUT2D eigenvalue weighted by molar-refractivity contribution is 0.112. The topological polar surface area (TPSA) is 64.6 Å². The van der Waals surface area contributed by atoms with Crippen molar-refractivity contribution in [3.63, 3.8) is 0 Å². The third-order valence-corrected chi connectivity index (χ3v) is 2.50. The average molecular weight is 235 g/mol. The fraction of sp³-hybridized carbons (Fsp3) is 0.333. The number of carbonyl (C=O) groups is 2. The normalized spacial score (nSPS) is 22.8. The Kier molecular flexibility index (Phi) is 2.99. The molecule has 0 saturated carbocycles. The number of amides is 1. The highest BCUT2D eigenvalue weighted by Gasteiger charge is 2.35. The Morgan fingerprint density at radius 2 is 2.18 bits per heavy atom. The Bertz CT molecular complexity index is 429. The van der Waals surface area contributed by atoms with Crippen LogP contribution in [0.3, 0.4) is 0 Å². The average Bonchev–Trinajstić information content (AvgIpc) is 2.68. The minimum Gasteiger partial charge on any atom is -0.491 e. The molecule has 0 bridgehead atoms. The van der Waals surface area contributed by atoms with E-state index in [1.807, 2.05) is 6.92 Å². The van der Waals surface area contributed by atoms with E-state index in [1.54, 1.807) is 24.3 Å². The van der Waals surface area contributed by atoms with E-state index in [4.69, 9.17) is 9.47 Å². The second-order valence-electron chi connectivity index (χ2n) is 4.24. The van der Waals surface area contributed by atoms with Crippen molar-refractivity contribution in [2.24, 2.45) is 0 Å². The second kappa shape index (κ2) is 4.45. The van der Waals surface area contributed by atoms with Crippen LogP contribution in [-0.2, 0) is 4.74 Å². The maximum Gasteiger partial charge on any atom is 0.407 e. The van der Waals surface area contributed by atoms with Gasteiger partial charge in [0.25, 0.3) is 0 Å². The largest absolute Gasteiger partial charge is 0.491 e. The van der Waals surface area contributed by atoms with E-state index in [0.717, 1.165) is 6.29 Å². The first-order chi connectivity index (χ1) is 8.11. The number of cyclic esters (lactones) is 1. The molecule has 0 aromatic heterocycles. The summed E-state index contributed by atoms with van der Waals surface area (Å²) in [7, 11) is 0. The second-order valence-corrected chi connectivity index (χ2v) is 4.24. The molecule has 2 rings (SSSR count). The summed E-state index contributed by atoms with van der Waals surface area (Å²) in [5, 5.41) is 2.68. The van der Waals surface area contributed by atoms with Crippen molar-refractivity contribution in [3.05, 3.63) is 29.8 Å². The van der Waals surface area contributed by atoms with Crippen LogP contribution >= 0.6 is 0 Å². The van der Waals surface area contributed by atoms with E-state index in [-0.39, 0.29) is 6.61 Å². The van der Waals surface area contributed by atoms with Gasteiger partial charge in [-0.3, -0.25) is 4.79 Å². The predicted molar refractivity (Wildman–Crippen MR) is 60.2 cm³/mol. The third-order valence-electron chi connectivity index (χ3n) is 2.50. The Labute approximate surface area is 98.7 Å². The van der Waals surface area contributed by atoms with Crippen LogP contribution in [0.2, 0.25) is 0 Å². The predicted octanol–water partition coefficient (Wildman–Crippen LogP) is 1.38. The fourth-order valence-corrected chi connectivity index (χ4v) is 1.51. The molecular weight excluding hydrogens is 222 g/mol. The summed E-state index contributed by atoms with van der Waals surface area (Å²) in [4.78, 5) is 21.4. The van der Waals surface area contributed by atoms with Gasteiger partial charge in [-0.25, -0.2) is 4.79 Å². The van der Waals surface area contributed by atoms with E-state index in [9.17, 15) is 9.59 Å². The highest BCUT2D eigenvalue weighted by Crippen LogP contribution is 2.16. The van der Waals surface area contributed by atoms with E-state index < -0.39 is 11.6 Å². The van der Waals surface area contributed by atoms with Crippen molar-refractivity contribution < 1.29 is 19.1 Å².